The summed E-state index contributed by atoms with van der Waals surface area (Å²) in [6, 6.07) is 10.2. The van der Waals surface area contributed by atoms with Gasteiger partial charge in [-0.3, -0.25) is 9.59 Å². The molecule has 0 aromatic heterocycles. The second-order valence-electron chi connectivity index (χ2n) is 5.40. The molecule has 0 aliphatic rings. The number of carbonyl (C=O) groups is 2. The Labute approximate surface area is 145 Å². The number of rotatable bonds is 6. The first-order valence-electron chi connectivity index (χ1n) is 7.48. The second-order valence-corrected chi connectivity index (χ2v) is 5.40. The molecule has 0 aliphatic carbocycles. The lowest BCUT2D eigenvalue weighted by Crippen LogP contribution is -2.27. The van der Waals surface area contributed by atoms with Gasteiger partial charge in [-0.1, -0.05) is 0 Å². The third-order valence-corrected chi connectivity index (χ3v) is 3.38. The third-order valence-electron chi connectivity index (χ3n) is 3.38. The van der Waals surface area contributed by atoms with E-state index in [1.54, 1.807) is 38.4 Å². The summed E-state index contributed by atoms with van der Waals surface area (Å²) in [6.45, 7) is -0.0702. The standard InChI is InChI=1S/C18H19FN2O4/c1-21(2)17(22)11-25-14-7-5-13(6-8-14)20-18(23)15-10-12(19)4-9-16(15)24-3/h4-10H,11H2,1-3H3,(H,20,23). The Hall–Kier alpha value is -3.09. The first-order valence-corrected chi connectivity index (χ1v) is 7.48. The number of nitrogens with one attached hydrogen (secondary N) is 1. The molecule has 0 heterocycles. The van der Waals surface area contributed by atoms with Crippen molar-refractivity contribution in [1.82, 2.24) is 4.90 Å². The number of carbonyl (C=O) groups excluding carboxylic acids is 2. The topological polar surface area (TPSA) is 67.9 Å². The lowest BCUT2D eigenvalue weighted by molar-refractivity contribution is -0.130. The van der Waals surface area contributed by atoms with Gasteiger partial charge in [0.25, 0.3) is 11.8 Å². The minimum Gasteiger partial charge on any atom is -0.496 e. The Kier molecular flexibility index (Phi) is 5.94. The highest BCUT2D eigenvalue weighted by molar-refractivity contribution is 6.06. The van der Waals surface area contributed by atoms with E-state index < -0.39 is 11.7 Å². The Bertz CT molecular complexity index is 760. The molecular formula is C18H19FN2O4. The van der Waals surface area contributed by atoms with Crippen LogP contribution < -0.4 is 14.8 Å². The van der Waals surface area contributed by atoms with Crippen molar-refractivity contribution in [2.24, 2.45) is 0 Å². The summed E-state index contributed by atoms with van der Waals surface area (Å²) in [7, 11) is 4.70. The summed E-state index contributed by atoms with van der Waals surface area (Å²) in [5, 5.41) is 2.65. The lowest BCUT2D eigenvalue weighted by atomic mass is 10.1. The molecule has 6 nitrogen and oxygen atoms in total. The van der Waals surface area contributed by atoms with E-state index in [4.69, 9.17) is 9.47 Å². The number of ether oxygens (including phenoxy) is 2. The van der Waals surface area contributed by atoms with Gasteiger partial charge in [-0.15, -0.1) is 0 Å². The van der Waals surface area contributed by atoms with Crippen molar-refractivity contribution in [3.05, 3.63) is 53.8 Å². The fraction of sp³-hybridized carbons (Fsp3) is 0.222. The van der Waals surface area contributed by atoms with Crippen molar-refractivity contribution < 1.29 is 23.5 Å². The number of hydrogen-bond donors (Lipinski definition) is 1. The fourth-order valence-corrected chi connectivity index (χ4v) is 1.96. The van der Waals surface area contributed by atoms with Crippen LogP contribution in [0.5, 0.6) is 11.5 Å². The van der Waals surface area contributed by atoms with Gasteiger partial charge in [0.15, 0.2) is 6.61 Å². The van der Waals surface area contributed by atoms with Crippen LogP contribution in [0.2, 0.25) is 0 Å². The Morgan fingerprint density at radius 1 is 1.12 bits per heavy atom. The van der Waals surface area contributed by atoms with Crippen LogP contribution in [0.1, 0.15) is 10.4 Å². The largest absolute Gasteiger partial charge is 0.496 e. The highest BCUT2D eigenvalue weighted by atomic mass is 19.1. The summed E-state index contributed by atoms with van der Waals surface area (Å²) in [5.74, 6) is -0.402. The van der Waals surface area contributed by atoms with Crippen LogP contribution in [0.4, 0.5) is 10.1 Å². The number of halogens is 1. The molecule has 0 spiro atoms. The molecule has 2 rings (SSSR count). The zero-order chi connectivity index (χ0) is 18.4. The third kappa shape index (κ3) is 4.94. The highest BCUT2D eigenvalue weighted by Crippen LogP contribution is 2.22. The van der Waals surface area contributed by atoms with Crippen LogP contribution in [0.15, 0.2) is 42.5 Å². The summed E-state index contributed by atoms with van der Waals surface area (Å²) in [4.78, 5) is 25.2. The molecule has 132 valence electrons. The van der Waals surface area contributed by atoms with Gasteiger partial charge >= 0.3 is 0 Å². The van der Waals surface area contributed by atoms with Crippen LogP contribution in [0.3, 0.4) is 0 Å². The normalized spacial score (nSPS) is 10.1. The zero-order valence-electron chi connectivity index (χ0n) is 14.2. The van der Waals surface area contributed by atoms with Gasteiger partial charge in [0, 0.05) is 19.8 Å². The summed E-state index contributed by atoms with van der Waals surface area (Å²) < 4.78 is 23.8. The number of hydrogen-bond acceptors (Lipinski definition) is 4. The molecule has 0 saturated carbocycles. The molecule has 1 N–H and O–H groups in total. The molecule has 0 aliphatic heterocycles. The van der Waals surface area contributed by atoms with E-state index in [9.17, 15) is 14.0 Å². The summed E-state index contributed by atoms with van der Waals surface area (Å²) >= 11 is 0. The number of anilines is 1. The second kappa shape index (κ2) is 8.14. The molecule has 2 amide bonds. The van der Waals surface area contributed by atoms with Gasteiger partial charge in [0.05, 0.1) is 12.7 Å². The maximum atomic E-state index is 13.4. The van der Waals surface area contributed by atoms with Crippen LogP contribution in [-0.2, 0) is 4.79 Å². The predicted molar refractivity (Wildman–Crippen MR) is 91.5 cm³/mol. The molecule has 0 unspecified atom stereocenters. The van der Waals surface area contributed by atoms with Crippen LogP contribution in [0.25, 0.3) is 0 Å². The number of methoxy groups -OCH3 is 1. The zero-order valence-corrected chi connectivity index (χ0v) is 14.2. The molecule has 7 heteroatoms. The maximum absolute atomic E-state index is 13.4. The van der Waals surface area contributed by atoms with Gasteiger partial charge in [-0.2, -0.15) is 0 Å². The maximum Gasteiger partial charge on any atom is 0.259 e. The van der Waals surface area contributed by atoms with Crippen LogP contribution in [-0.4, -0.2) is 44.5 Å². The minimum absolute atomic E-state index is 0.0702. The number of likely N-dealkylation sites (N-methyl/N-ethyl adjacent to an activating group) is 1. The summed E-state index contributed by atoms with van der Waals surface area (Å²) in [5.41, 5.74) is 0.599. The molecule has 0 atom stereocenters. The molecule has 25 heavy (non-hydrogen) atoms. The van der Waals surface area contributed by atoms with Crippen molar-refractivity contribution >= 4 is 17.5 Å². The Morgan fingerprint density at radius 2 is 1.80 bits per heavy atom. The molecule has 2 aromatic rings. The van der Waals surface area contributed by atoms with E-state index in [-0.39, 0.29) is 23.8 Å². The van der Waals surface area contributed by atoms with E-state index in [0.29, 0.717) is 11.4 Å². The lowest BCUT2D eigenvalue weighted by Gasteiger charge is -2.12. The van der Waals surface area contributed by atoms with Crippen molar-refractivity contribution in [3.8, 4) is 11.5 Å². The van der Waals surface area contributed by atoms with Crippen molar-refractivity contribution in [3.63, 3.8) is 0 Å². The molecular weight excluding hydrogens is 327 g/mol. The summed E-state index contributed by atoms with van der Waals surface area (Å²) in [6.07, 6.45) is 0. The van der Waals surface area contributed by atoms with E-state index in [2.05, 4.69) is 5.32 Å². The molecule has 0 bridgehead atoms. The van der Waals surface area contributed by atoms with Gasteiger partial charge in [0.1, 0.15) is 17.3 Å². The number of amides is 2. The quantitative estimate of drug-likeness (QED) is 0.873. The Balaban J connectivity index is 2.02. The first kappa shape index (κ1) is 18.3. The Morgan fingerprint density at radius 3 is 2.40 bits per heavy atom. The van der Waals surface area contributed by atoms with E-state index in [0.717, 1.165) is 6.07 Å². The van der Waals surface area contributed by atoms with E-state index in [1.807, 2.05) is 0 Å². The van der Waals surface area contributed by atoms with Gasteiger partial charge in [0.2, 0.25) is 0 Å². The van der Waals surface area contributed by atoms with Gasteiger partial charge < -0.3 is 19.7 Å². The smallest absolute Gasteiger partial charge is 0.259 e. The molecule has 0 radical (unpaired) electrons. The predicted octanol–water partition coefficient (Wildman–Crippen LogP) is 2.55. The average Bonchev–Trinajstić information content (AvgIpc) is 2.60. The SMILES string of the molecule is COc1ccc(F)cc1C(=O)Nc1ccc(OCC(=O)N(C)C)cc1. The average molecular weight is 346 g/mol. The minimum atomic E-state index is -0.528. The highest BCUT2D eigenvalue weighted by Gasteiger charge is 2.14. The van der Waals surface area contributed by atoms with Crippen molar-refractivity contribution in [1.29, 1.82) is 0 Å². The molecule has 2 aromatic carbocycles. The van der Waals surface area contributed by atoms with Crippen molar-refractivity contribution in [2.45, 2.75) is 0 Å². The van der Waals surface area contributed by atoms with Crippen LogP contribution in [0, 0.1) is 5.82 Å². The fourth-order valence-electron chi connectivity index (χ4n) is 1.96. The monoisotopic (exact) mass is 346 g/mol. The van der Waals surface area contributed by atoms with Gasteiger partial charge in [-0.25, -0.2) is 4.39 Å². The first-order chi connectivity index (χ1) is 11.9. The number of benzene rings is 2. The van der Waals surface area contributed by atoms with Gasteiger partial charge in [-0.05, 0) is 42.5 Å². The van der Waals surface area contributed by atoms with E-state index in [1.165, 1.54) is 24.1 Å². The molecule has 0 saturated heterocycles. The van der Waals surface area contributed by atoms with Crippen molar-refractivity contribution in [2.75, 3.05) is 33.1 Å². The van der Waals surface area contributed by atoms with E-state index >= 15 is 0 Å². The molecule has 0 fully saturated rings. The van der Waals surface area contributed by atoms with Crippen LogP contribution >= 0.6 is 0 Å². The number of nitrogens with zero attached hydrogens (tertiary/aromatic N) is 1.